The Morgan fingerprint density at radius 1 is 1.09 bits per heavy atom. The minimum absolute atomic E-state index is 0.183. The van der Waals surface area contributed by atoms with E-state index in [-0.39, 0.29) is 5.91 Å². The predicted molar refractivity (Wildman–Crippen MR) is 134 cm³/mol. The van der Waals surface area contributed by atoms with Crippen LogP contribution < -0.4 is 15.5 Å². The van der Waals surface area contributed by atoms with Crippen molar-refractivity contribution in [2.24, 2.45) is 5.92 Å². The number of nitrogens with zero attached hydrogens (tertiary/aromatic N) is 3. The number of nitrogens with one attached hydrogen (secondary N) is 2. The molecule has 2 aromatic heterocycles. The standard InChI is InChI=1S/C25H33N5OS/c1-30(2)24-21-9-3-4-10-22(21)28-25(29-24)27-19-14-12-18(13-15-19)17-26-23(31)11-5-7-20-8-6-16-32-20/h3-4,6,8-10,16,18-19H,5,7,11-15,17H2,1-2H3,(H,26,31)(H,27,28,29)/t18-,19+. The molecule has 0 bridgehead atoms. The molecule has 0 aliphatic heterocycles. The Bertz CT molecular complexity index is 1010. The number of benzene rings is 1. The number of thiophene rings is 1. The number of carbonyl (C=O) groups excluding carboxylic acids is 1. The lowest BCUT2D eigenvalue weighted by Gasteiger charge is -2.29. The molecule has 1 saturated carbocycles. The maximum absolute atomic E-state index is 12.2. The van der Waals surface area contributed by atoms with Gasteiger partial charge in [0.15, 0.2) is 0 Å². The summed E-state index contributed by atoms with van der Waals surface area (Å²) in [5.74, 6) is 2.38. The van der Waals surface area contributed by atoms with E-state index in [2.05, 4.69) is 34.2 Å². The Morgan fingerprint density at radius 2 is 1.91 bits per heavy atom. The van der Waals surface area contributed by atoms with Gasteiger partial charge in [-0.25, -0.2) is 4.98 Å². The molecule has 0 atom stereocenters. The van der Waals surface area contributed by atoms with Crippen LogP contribution in [-0.4, -0.2) is 42.6 Å². The SMILES string of the molecule is CN(C)c1nc(N[C@H]2CC[C@@H](CNC(=O)CCCc3cccs3)CC2)nc2ccccc12. The first kappa shape index (κ1) is 22.5. The van der Waals surface area contributed by atoms with Gasteiger partial charge in [0.25, 0.3) is 0 Å². The monoisotopic (exact) mass is 451 g/mol. The smallest absolute Gasteiger partial charge is 0.225 e. The number of para-hydroxylation sites is 1. The lowest BCUT2D eigenvalue weighted by Crippen LogP contribution is -2.34. The van der Waals surface area contributed by atoms with Crippen LogP contribution in [0.25, 0.3) is 10.9 Å². The molecule has 1 fully saturated rings. The van der Waals surface area contributed by atoms with Crippen molar-refractivity contribution >= 4 is 39.9 Å². The van der Waals surface area contributed by atoms with Crippen molar-refractivity contribution in [1.82, 2.24) is 15.3 Å². The second kappa shape index (κ2) is 10.8. The van der Waals surface area contributed by atoms with Gasteiger partial charge < -0.3 is 15.5 Å². The maximum Gasteiger partial charge on any atom is 0.225 e. The lowest BCUT2D eigenvalue weighted by atomic mass is 9.86. The molecule has 0 radical (unpaired) electrons. The summed E-state index contributed by atoms with van der Waals surface area (Å²) >= 11 is 1.76. The van der Waals surface area contributed by atoms with E-state index in [1.54, 1.807) is 11.3 Å². The number of aromatic nitrogens is 2. The van der Waals surface area contributed by atoms with Crippen LogP contribution in [0, 0.1) is 5.92 Å². The fourth-order valence-electron chi connectivity index (χ4n) is 4.38. The molecule has 0 spiro atoms. The van der Waals surface area contributed by atoms with Gasteiger partial charge in [0.2, 0.25) is 11.9 Å². The minimum Gasteiger partial charge on any atom is -0.362 e. The summed E-state index contributed by atoms with van der Waals surface area (Å²) in [7, 11) is 4.03. The van der Waals surface area contributed by atoms with Crippen LogP contribution in [0.15, 0.2) is 41.8 Å². The zero-order valence-electron chi connectivity index (χ0n) is 19.0. The summed E-state index contributed by atoms with van der Waals surface area (Å²) < 4.78 is 0. The highest BCUT2D eigenvalue weighted by Crippen LogP contribution is 2.28. The van der Waals surface area contributed by atoms with Gasteiger partial charge in [-0.15, -0.1) is 11.3 Å². The molecule has 2 N–H and O–H groups in total. The Hall–Kier alpha value is -2.67. The third-order valence-corrected chi connectivity index (χ3v) is 7.12. The van der Waals surface area contributed by atoms with Crippen LogP contribution in [0.5, 0.6) is 0 Å². The second-order valence-electron chi connectivity index (χ2n) is 8.88. The van der Waals surface area contributed by atoms with E-state index in [0.29, 0.717) is 24.3 Å². The Kier molecular flexibility index (Phi) is 7.58. The Labute approximate surface area is 194 Å². The van der Waals surface area contributed by atoms with Gasteiger partial charge in [-0.2, -0.15) is 4.98 Å². The van der Waals surface area contributed by atoms with Crippen molar-refractivity contribution in [3.8, 4) is 0 Å². The van der Waals surface area contributed by atoms with Crippen molar-refractivity contribution < 1.29 is 4.79 Å². The summed E-state index contributed by atoms with van der Waals surface area (Å²) in [6, 6.07) is 12.7. The highest BCUT2D eigenvalue weighted by atomic mass is 32.1. The highest BCUT2D eigenvalue weighted by molar-refractivity contribution is 7.09. The zero-order chi connectivity index (χ0) is 22.3. The molecule has 0 saturated heterocycles. The first-order valence-corrected chi connectivity index (χ1v) is 12.5. The highest BCUT2D eigenvalue weighted by Gasteiger charge is 2.22. The molecule has 1 amide bonds. The van der Waals surface area contributed by atoms with E-state index >= 15 is 0 Å². The zero-order valence-corrected chi connectivity index (χ0v) is 19.8. The van der Waals surface area contributed by atoms with Gasteiger partial charge >= 0.3 is 0 Å². The maximum atomic E-state index is 12.2. The number of fused-ring (bicyclic) bond motifs is 1. The van der Waals surface area contributed by atoms with E-state index in [9.17, 15) is 4.79 Å². The van der Waals surface area contributed by atoms with E-state index in [1.807, 2.05) is 37.2 Å². The van der Waals surface area contributed by atoms with Gasteiger partial charge in [0, 0.05) is 43.4 Å². The van der Waals surface area contributed by atoms with Gasteiger partial charge in [0.05, 0.1) is 5.52 Å². The number of anilines is 2. The molecule has 170 valence electrons. The summed E-state index contributed by atoms with van der Waals surface area (Å²) in [6.07, 6.45) is 6.90. The van der Waals surface area contributed by atoms with Crippen LogP contribution in [-0.2, 0) is 11.2 Å². The van der Waals surface area contributed by atoms with Crippen LogP contribution in [0.2, 0.25) is 0 Å². The predicted octanol–water partition coefficient (Wildman–Crippen LogP) is 4.87. The first-order valence-electron chi connectivity index (χ1n) is 11.6. The molecular formula is C25H33N5OS. The van der Waals surface area contributed by atoms with Crippen LogP contribution in [0.3, 0.4) is 0 Å². The number of hydrogen-bond donors (Lipinski definition) is 2. The third-order valence-electron chi connectivity index (χ3n) is 6.18. The van der Waals surface area contributed by atoms with E-state index in [4.69, 9.17) is 9.97 Å². The summed E-state index contributed by atoms with van der Waals surface area (Å²) in [5.41, 5.74) is 0.962. The van der Waals surface area contributed by atoms with Crippen LogP contribution >= 0.6 is 11.3 Å². The average molecular weight is 452 g/mol. The number of amides is 1. The fourth-order valence-corrected chi connectivity index (χ4v) is 5.13. The molecule has 32 heavy (non-hydrogen) atoms. The molecule has 4 rings (SSSR count). The third kappa shape index (κ3) is 5.97. The minimum atomic E-state index is 0.183. The molecule has 3 aromatic rings. The molecule has 1 aliphatic carbocycles. The fraction of sp³-hybridized carbons (Fsp3) is 0.480. The average Bonchev–Trinajstić information content (AvgIpc) is 3.31. The van der Waals surface area contributed by atoms with Crippen LogP contribution in [0.1, 0.15) is 43.4 Å². The van der Waals surface area contributed by atoms with E-state index in [1.165, 1.54) is 4.88 Å². The van der Waals surface area contributed by atoms with Crippen molar-refractivity contribution in [2.45, 2.75) is 51.0 Å². The quantitative estimate of drug-likeness (QED) is 0.486. The molecule has 2 heterocycles. The number of rotatable bonds is 9. The normalized spacial score (nSPS) is 18.4. The number of carbonyl (C=O) groups is 1. The summed E-state index contributed by atoms with van der Waals surface area (Å²) in [4.78, 5) is 25.1. The first-order chi connectivity index (χ1) is 15.6. The van der Waals surface area contributed by atoms with Gasteiger partial charge in [-0.05, 0) is 68.0 Å². The largest absolute Gasteiger partial charge is 0.362 e. The lowest BCUT2D eigenvalue weighted by molar-refractivity contribution is -0.121. The summed E-state index contributed by atoms with van der Waals surface area (Å²) in [5, 5.41) is 9.87. The van der Waals surface area contributed by atoms with Crippen molar-refractivity contribution in [1.29, 1.82) is 0 Å². The molecule has 6 nitrogen and oxygen atoms in total. The molecular weight excluding hydrogens is 418 g/mol. The van der Waals surface area contributed by atoms with E-state index in [0.717, 1.165) is 61.8 Å². The molecule has 1 aliphatic rings. The van der Waals surface area contributed by atoms with Gasteiger partial charge in [-0.1, -0.05) is 18.2 Å². The Morgan fingerprint density at radius 3 is 2.66 bits per heavy atom. The van der Waals surface area contributed by atoms with Gasteiger partial charge in [0.1, 0.15) is 5.82 Å². The number of aryl methyl sites for hydroxylation is 1. The van der Waals surface area contributed by atoms with Crippen LogP contribution in [0.4, 0.5) is 11.8 Å². The van der Waals surface area contributed by atoms with Crippen molar-refractivity contribution in [3.05, 3.63) is 46.7 Å². The second-order valence-corrected chi connectivity index (χ2v) is 9.91. The molecule has 1 aromatic carbocycles. The Balaban J connectivity index is 1.21. The molecule has 7 heteroatoms. The van der Waals surface area contributed by atoms with Crippen molar-refractivity contribution in [2.75, 3.05) is 30.9 Å². The van der Waals surface area contributed by atoms with Gasteiger partial charge in [-0.3, -0.25) is 4.79 Å². The number of hydrogen-bond acceptors (Lipinski definition) is 6. The van der Waals surface area contributed by atoms with Crippen molar-refractivity contribution in [3.63, 3.8) is 0 Å². The topological polar surface area (TPSA) is 70.2 Å². The molecule has 0 unspecified atom stereocenters. The van der Waals surface area contributed by atoms with E-state index < -0.39 is 0 Å². The summed E-state index contributed by atoms with van der Waals surface area (Å²) in [6.45, 7) is 0.793.